The van der Waals surface area contributed by atoms with Crippen molar-refractivity contribution in [3.8, 4) is 23.1 Å². The topological polar surface area (TPSA) is 143 Å². The van der Waals surface area contributed by atoms with E-state index in [9.17, 15) is 19.6 Å². The highest BCUT2D eigenvalue weighted by Gasteiger charge is 2.26. The van der Waals surface area contributed by atoms with Gasteiger partial charge in [-0.3, -0.25) is 19.8 Å². The zero-order valence-corrected chi connectivity index (χ0v) is 23.1. The Morgan fingerprint density at radius 1 is 1.02 bits per heavy atom. The Morgan fingerprint density at radius 3 is 2.33 bits per heavy atom. The fraction of sp³-hybridized carbons (Fsp3) is 0.300. The first kappa shape index (κ1) is 29.8. The molecule has 10 nitrogen and oxygen atoms in total. The van der Waals surface area contributed by atoms with Gasteiger partial charge in [-0.25, -0.2) is 15.3 Å². The maximum absolute atomic E-state index is 13.2. The number of amides is 3. The molecule has 0 bridgehead atoms. The highest BCUT2D eigenvalue weighted by Crippen LogP contribution is 2.23. The summed E-state index contributed by atoms with van der Waals surface area (Å²) in [4.78, 5) is 46.4. The van der Waals surface area contributed by atoms with Crippen LogP contribution in [0.3, 0.4) is 0 Å². The van der Waals surface area contributed by atoms with Gasteiger partial charge in [0.1, 0.15) is 17.5 Å². The molecule has 40 heavy (non-hydrogen) atoms. The van der Waals surface area contributed by atoms with Gasteiger partial charge in [-0.1, -0.05) is 37.8 Å². The van der Waals surface area contributed by atoms with Crippen LogP contribution in [0, 0.1) is 17.8 Å². The number of hydrogen-bond acceptors (Lipinski definition) is 7. The van der Waals surface area contributed by atoms with Crippen molar-refractivity contribution >= 4 is 23.7 Å². The first-order chi connectivity index (χ1) is 18.9. The molecule has 0 unspecified atom stereocenters. The van der Waals surface area contributed by atoms with Crippen LogP contribution in [0.1, 0.15) is 62.5 Å². The van der Waals surface area contributed by atoms with Crippen LogP contribution >= 0.6 is 0 Å². The van der Waals surface area contributed by atoms with Crippen LogP contribution in [0.5, 0.6) is 0 Å². The second-order valence-electron chi connectivity index (χ2n) is 10.5. The average Bonchev–Trinajstić information content (AvgIpc) is 2.90. The van der Waals surface area contributed by atoms with Crippen molar-refractivity contribution in [2.24, 2.45) is 5.92 Å². The lowest BCUT2D eigenvalue weighted by Crippen LogP contribution is -2.46. The zero-order valence-electron chi connectivity index (χ0n) is 23.1. The number of aromatic nitrogens is 2. The van der Waals surface area contributed by atoms with E-state index in [1.54, 1.807) is 62.9 Å². The lowest BCUT2D eigenvalue weighted by atomic mass is 10.0. The summed E-state index contributed by atoms with van der Waals surface area (Å²) in [6.07, 6.45) is 2.97. The predicted octanol–water partition coefficient (Wildman–Crippen LogP) is 4.54. The maximum atomic E-state index is 13.2. The summed E-state index contributed by atoms with van der Waals surface area (Å²) in [5, 5.41) is 14.5. The molecule has 208 valence electrons. The number of hydrogen-bond donors (Lipinski definition) is 4. The Bertz CT molecular complexity index is 1400. The first-order valence-corrected chi connectivity index (χ1v) is 12.7. The fourth-order valence-corrected chi connectivity index (χ4v) is 3.61. The summed E-state index contributed by atoms with van der Waals surface area (Å²) in [6.45, 7) is 9.03. The third-order valence-corrected chi connectivity index (χ3v) is 5.35. The van der Waals surface area contributed by atoms with E-state index in [1.807, 2.05) is 26.0 Å². The number of benzene rings is 1. The zero-order chi connectivity index (χ0) is 29.3. The molecule has 1 aromatic carbocycles. The number of ether oxygens (including phenoxy) is 1. The van der Waals surface area contributed by atoms with E-state index in [0.29, 0.717) is 17.7 Å². The number of nitrogens with zero attached hydrogens (tertiary/aromatic N) is 2. The van der Waals surface area contributed by atoms with Gasteiger partial charge in [-0.2, -0.15) is 0 Å². The molecule has 0 aliphatic carbocycles. The van der Waals surface area contributed by atoms with Crippen LogP contribution in [0.4, 0.5) is 10.6 Å². The van der Waals surface area contributed by atoms with Gasteiger partial charge in [0.15, 0.2) is 0 Å². The lowest BCUT2D eigenvalue weighted by molar-refractivity contribution is -0.118. The summed E-state index contributed by atoms with van der Waals surface area (Å²) in [5.74, 6) is 4.95. The van der Waals surface area contributed by atoms with Crippen LogP contribution in [0.15, 0.2) is 60.9 Å². The quantitative estimate of drug-likeness (QED) is 0.195. The number of anilines is 1. The van der Waals surface area contributed by atoms with Gasteiger partial charge >= 0.3 is 6.09 Å². The van der Waals surface area contributed by atoms with Crippen LogP contribution < -0.4 is 16.1 Å². The van der Waals surface area contributed by atoms with Crippen molar-refractivity contribution < 1.29 is 24.3 Å². The molecule has 3 aromatic rings. The summed E-state index contributed by atoms with van der Waals surface area (Å²) >= 11 is 0. The van der Waals surface area contributed by atoms with E-state index < -0.39 is 29.6 Å². The minimum Gasteiger partial charge on any atom is -0.444 e. The van der Waals surface area contributed by atoms with Crippen LogP contribution in [0.2, 0.25) is 0 Å². The molecule has 0 aliphatic heterocycles. The van der Waals surface area contributed by atoms with Crippen molar-refractivity contribution in [3.05, 3.63) is 77.6 Å². The molecule has 10 heteroatoms. The Hall–Kier alpha value is -4.75. The molecular weight excluding hydrogens is 510 g/mol. The number of pyridine rings is 2. The summed E-state index contributed by atoms with van der Waals surface area (Å²) in [6, 6.07) is 12.8. The molecule has 0 radical (unpaired) electrons. The highest BCUT2D eigenvalue weighted by atomic mass is 16.6. The first-order valence-electron chi connectivity index (χ1n) is 12.7. The van der Waals surface area contributed by atoms with Crippen LogP contribution in [-0.2, 0) is 9.53 Å². The van der Waals surface area contributed by atoms with Crippen molar-refractivity contribution in [2.45, 2.75) is 52.7 Å². The van der Waals surface area contributed by atoms with Crippen molar-refractivity contribution in [1.29, 1.82) is 0 Å². The van der Waals surface area contributed by atoms with Crippen LogP contribution in [0.25, 0.3) is 11.3 Å². The standard InChI is InChI=1S/C30H33N5O5/c1-19(2)15-25(33-29(38)40-30(3,4)5)28(37)34-26-17-23(27(36)35-39)16-24(32-26)22-12-10-20(11-13-22)8-9-21-7-6-14-31-18-21/h6-7,10-14,16-19,25,39H,15H2,1-5H3,(H,33,38)(H,35,36)(H,32,34,37)/t25-/m0/s1. The smallest absolute Gasteiger partial charge is 0.408 e. The van der Waals surface area contributed by atoms with Crippen LogP contribution in [-0.4, -0.2) is 44.7 Å². The normalized spacial score (nSPS) is 11.6. The SMILES string of the molecule is CC(C)C[C@H](NC(=O)OC(C)(C)C)C(=O)Nc1cc(C(=O)NO)cc(-c2ccc(C#Cc3cccnc3)cc2)n1. The van der Waals surface area contributed by atoms with E-state index in [2.05, 4.69) is 32.4 Å². The molecule has 2 heterocycles. The molecule has 0 aliphatic rings. The van der Waals surface area contributed by atoms with E-state index in [-0.39, 0.29) is 17.3 Å². The Kier molecular flexibility index (Phi) is 9.95. The Labute approximate surface area is 233 Å². The molecule has 2 aromatic heterocycles. The molecule has 3 amide bonds. The molecular formula is C30H33N5O5. The molecule has 0 fully saturated rings. The van der Waals surface area contributed by atoms with Crippen molar-refractivity contribution in [3.63, 3.8) is 0 Å². The number of rotatable bonds is 7. The lowest BCUT2D eigenvalue weighted by Gasteiger charge is -2.24. The number of hydroxylamine groups is 1. The van der Waals surface area contributed by atoms with E-state index >= 15 is 0 Å². The van der Waals surface area contributed by atoms with Gasteiger partial charge in [-0.15, -0.1) is 0 Å². The van der Waals surface area contributed by atoms with Gasteiger partial charge in [-0.05, 0) is 69.5 Å². The second-order valence-corrected chi connectivity index (χ2v) is 10.5. The monoisotopic (exact) mass is 543 g/mol. The summed E-state index contributed by atoms with van der Waals surface area (Å²) in [5.41, 5.74) is 3.52. The van der Waals surface area contributed by atoms with Gasteiger partial charge in [0, 0.05) is 34.6 Å². The molecule has 0 saturated carbocycles. The van der Waals surface area contributed by atoms with Crippen molar-refractivity contribution in [2.75, 3.05) is 5.32 Å². The molecule has 0 spiro atoms. The summed E-state index contributed by atoms with van der Waals surface area (Å²) < 4.78 is 5.31. The van der Waals surface area contributed by atoms with Gasteiger partial charge in [0.2, 0.25) is 5.91 Å². The summed E-state index contributed by atoms with van der Waals surface area (Å²) in [7, 11) is 0. The highest BCUT2D eigenvalue weighted by molar-refractivity contribution is 5.99. The van der Waals surface area contributed by atoms with Crippen molar-refractivity contribution in [1.82, 2.24) is 20.8 Å². The van der Waals surface area contributed by atoms with E-state index in [4.69, 9.17) is 4.74 Å². The second kappa shape index (κ2) is 13.4. The third-order valence-electron chi connectivity index (χ3n) is 5.35. The number of carbonyl (C=O) groups is 3. The molecule has 1 atom stereocenters. The van der Waals surface area contributed by atoms with Gasteiger partial charge < -0.3 is 15.4 Å². The minimum atomic E-state index is -0.909. The third kappa shape index (κ3) is 9.22. The molecule has 0 saturated heterocycles. The minimum absolute atomic E-state index is 0.0706. The molecule has 3 rings (SSSR count). The van der Waals surface area contributed by atoms with Gasteiger partial charge in [0.25, 0.3) is 5.91 Å². The Balaban J connectivity index is 1.86. The largest absolute Gasteiger partial charge is 0.444 e. The van der Waals surface area contributed by atoms with E-state index in [0.717, 1.165) is 11.1 Å². The fourth-order valence-electron chi connectivity index (χ4n) is 3.61. The number of nitrogens with one attached hydrogen (secondary N) is 3. The Morgan fingerprint density at radius 2 is 1.73 bits per heavy atom. The number of carbonyl (C=O) groups excluding carboxylic acids is 3. The number of alkyl carbamates (subject to hydrolysis) is 1. The predicted molar refractivity (Wildman–Crippen MR) is 150 cm³/mol. The maximum Gasteiger partial charge on any atom is 0.408 e. The molecule has 4 N–H and O–H groups in total. The average molecular weight is 544 g/mol. The van der Waals surface area contributed by atoms with Gasteiger partial charge in [0.05, 0.1) is 5.69 Å². The van der Waals surface area contributed by atoms with E-state index in [1.165, 1.54) is 12.1 Å².